The van der Waals surface area contributed by atoms with Crippen molar-refractivity contribution in [3.63, 3.8) is 0 Å². The number of hydrogen-bond donors (Lipinski definition) is 1. The molecule has 7 heteroatoms. The Labute approximate surface area is 122 Å². The number of imidazole rings is 1. The van der Waals surface area contributed by atoms with E-state index in [1.54, 1.807) is 43.9 Å². The summed E-state index contributed by atoms with van der Waals surface area (Å²) in [6.07, 6.45) is 1.45. The van der Waals surface area contributed by atoms with Crippen LogP contribution >= 0.6 is 0 Å². The van der Waals surface area contributed by atoms with Gasteiger partial charge in [0.15, 0.2) is 5.69 Å². The van der Waals surface area contributed by atoms with Crippen LogP contribution < -0.4 is 15.2 Å². The number of ether oxygens (including phenoxy) is 3. The van der Waals surface area contributed by atoms with E-state index in [0.717, 1.165) is 0 Å². The number of esters is 1. The fraction of sp³-hybridized carbons (Fsp3) is 0.286. The number of anilines is 1. The van der Waals surface area contributed by atoms with Crippen LogP contribution in [0.1, 0.15) is 17.4 Å². The Morgan fingerprint density at radius 1 is 1.24 bits per heavy atom. The van der Waals surface area contributed by atoms with Gasteiger partial charge in [-0.25, -0.2) is 9.78 Å². The molecular formula is C14H17N3O4. The Morgan fingerprint density at radius 2 is 1.86 bits per heavy atom. The largest absolute Gasteiger partial charge is 0.497 e. The molecule has 0 aliphatic rings. The summed E-state index contributed by atoms with van der Waals surface area (Å²) in [5.74, 6) is 0.859. The average Bonchev–Trinajstić information content (AvgIpc) is 2.88. The highest BCUT2D eigenvalue weighted by molar-refractivity contribution is 5.92. The molecule has 1 aromatic carbocycles. The first-order valence-corrected chi connectivity index (χ1v) is 6.34. The number of aromatic nitrogens is 2. The number of methoxy groups -OCH3 is 2. The molecule has 0 saturated carbocycles. The number of rotatable bonds is 5. The lowest BCUT2D eigenvalue weighted by molar-refractivity contribution is 0.0521. The monoisotopic (exact) mass is 291 g/mol. The Morgan fingerprint density at radius 3 is 2.38 bits per heavy atom. The van der Waals surface area contributed by atoms with Gasteiger partial charge in [-0.2, -0.15) is 0 Å². The summed E-state index contributed by atoms with van der Waals surface area (Å²) in [5.41, 5.74) is 6.72. The zero-order valence-electron chi connectivity index (χ0n) is 12.1. The van der Waals surface area contributed by atoms with Crippen molar-refractivity contribution in [2.75, 3.05) is 26.6 Å². The molecule has 2 N–H and O–H groups in total. The third-order valence-corrected chi connectivity index (χ3v) is 2.89. The topological polar surface area (TPSA) is 88.6 Å². The minimum Gasteiger partial charge on any atom is -0.497 e. The smallest absolute Gasteiger partial charge is 0.360 e. The van der Waals surface area contributed by atoms with E-state index in [9.17, 15) is 4.79 Å². The van der Waals surface area contributed by atoms with Crippen LogP contribution in [0.2, 0.25) is 0 Å². The second-order valence-electron chi connectivity index (χ2n) is 4.14. The SMILES string of the molecule is CCOC(=O)c1ncn(-c2cc(OC)cc(OC)c2)c1N. The zero-order valence-corrected chi connectivity index (χ0v) is 12.1. The first kappa shape index (κ1) is 14.7. The van der Waals surface area contributed by atoms with Gasteiger partial charge in [-0.15, -0.1) is 0 Å². The van der Waals surface area contributed by atoms with Gasteiger partial charge in [0.25, 0.3) is 0 Å². The number of nitrogen functional groups attached to an aromatic ring is 1. The lowest BCUT2D eigenvalue weighted by atomic mass is 10.2. The number of carbonyl (C=O) groups is 1. The predicted octanol–water partition coefficient (Wildman–Crippen LogP) is 1.65. The molecule has 0 aliphatic carbocycles. The van der Waals surface area contributed by atoms with Crippen LogP contribution in [-0.4, -0.2) is 36.3 Å². The van der Waals surface area contributed by atoms with Crippen LogP contribution in [0.5, 0.6) is 11.5 Å². The minimum absolute atomic E-state index is 0.0821. The van der Waals surface area contributed by atoms with E-state index in [0.29, 0.717) is 17.2 Å². The van der Waals surface area contributed by atoms with E-state index < -0.39 is 5.97 Å². The summed E-state index contributed by atoms with van der Waals surface area (Å²) in [7, 11) is 3.11. The van der Waals surface area contributed by atoms with Gasteiger partial charge in [-0.3, -0.25) is 4.57 Å². The molecule has 0 amide bonds. The number of carbonyl (C=O) groups excluding carboxylic acids is 1. The predicted molar refractivity (Wildman–Crippen MR) is 77.0 cm³/mol. The summed E-state index contributed by atoms with van der Waals surface area (Å²) in [6, 6.07) is 5.26. The van der Waals surface area contributed by atoms with Crippen molar-refractivity contribution in [2.45, 2.75) is 6.92 Å². The quantitative estimate of drug-likeness (QED) is 0.843. The minimum atomic E-state index is -0.552. The van der Waals surface area contributed by atoms with Crippen molar-refractivity contribution >= 4 is 11.8 Å². The van der Waals surface area contributed by atoms with E-state index in [2.05, 4.69) is 4.98 Å². The summed E-state index contributed by atoms with van der Waals surface area (Å²) in [5, 5.41) is 0. The molecule has 0 aliphatic heterocycles. The Kier molecular flexibility index (Phi) is 4.32. The number of nitrogens with two attached hydrogens (primary N) is 1. The summed E-state index contributed by atoms with van der Waals surface area (Å²) in [4.78, 5) is 15.7. The van der Waals surface area contributed by atoms with E-state index in [-0.39, 0.29) is 18.1 Å². The molecule has 1 aromatic heterocycles. The molecule has 21 heavy (non-hydrogen) atoms. The van der Waals surface area contributed by atoms with Crippen molar-refractivity contribution in [2.24, 2.45) is 0 Å². The third-order valence-electron chi connectivity index (χ3n) is 2.89. The fourth-order valence-corrected chi connectivity index (χ4v) is 1.85. The van der Waals surface area contributed by atoms with Crippen LogP contribution in [0.25, 0.3) is 5.69 Å². The van der Waals surface area contributed by atoms with E-state index in [1.807, 2.05) is 0 Å². The average molecular weight is 291 g/mol. The molecule has 0 saturated heterocycles. The molecule has 0 unspecified atom stereocenters. The Bertz CT molecular complexity index is 629. The molecule has 2 rings (SSSR count). The van der Waals surface area contributed by atoms with Gasteiger partial charge in [0, 0.05) is 18.2 Å². The lowest BCUT2D eigenvalue weighted by Crippen LogP contribution is -2.09. The molecule has 2 aromatic rings. The van der Waals surface area contributed by atoms with Crippen LogP contribution in [0.15, 0.2) is 24.5 Å². The maximum absolute atomic E-state index is 11.7. The lowest BCUT2D eigenvalue weighted by Gasteiger charge is -2.10. The molecule has 1 heterocycles. The van der Waals surface area contributed by atoms with Gasteiger partial charge in [0.1, 0.15) is 23.6 Å². The second-order valence-corrected chi connectivity index (χ2v) is 4.14. The highest BCUT2D eigenvalue weighted by atomic mass is 16.5. The number of hydrogen-bond acceptors (Lipinski definition) is 6. The van der Waals surface area contributed by atoms with Gasteiger partial charge >= 0.3 is 5.97 Å². The molecular weight excluding hydrogens is 274 g/mol. The normalized spacial score (nSPS) is 10.2. The van der Waals surface area contributed by atoms with Crippen LogP contribution in [-0.2, 0) is 4.74 Å². The molecule has 0 atom stereocenters. The van der Waals surface area contributed by atoms with Gasteiger partial charge < -0.3 is 19.9 Å². The van der Waals surface area contributed by atoms with Gasteiger partial charge in [-0.05, 0) is 6.92 Å². The van der Waals surface area contributed by atoms with Crippen LogP contribution in [0.4, 0.5) is 5.82 Å². The molecule has 112 valence electrons. The van der Waals surface area contributed by atoms with Crippen LogP contribution in [0, 0.1) is 0 Å². The van der Waals surface area contributed by atoms with Gasteiger partial charge in [-0.1, -0.05) is 0 Å². The Balaban J connectivity index is 2.45. The molecule has 0 fully saturated rings. The molecule has 0 bridgehead atoms. The second kappa shape index (κ2) is 6.17. The maximum atomic E-state index is 11.7. The summed E-state index contributed by atoms with van der Waals surface area (Å²) >= 11 is 0. The zero-order chi connectivity index (χ0) is 15.4. The van der Waals surface area contributed by atoms with Gasteiger partial charge in [0.2, 0.25) is 0 Å². The van der Waals surface area contributed by atoms with Crippen molar-refractivity contribution in [3.05, 3.63) is 30.2 Å². The van der Waals surface area contributed by atoms with Crippen molar-refractivity contribution in [1.82, 2.24) is 9.55 Å². The maximum Gasteiger partial charge on any atom is 0.360 e. The first-order valence-electron chi connectivity index (χ1n) is 6.34. The van der Waals surface area contributed by atoms with Gasteiger partial charge in [0.05, 0.1) is 26.5 Å². The van der Waals surface area contributed by atoms with Crippen molar-refractivity contribution < 1.29 is 19.0 Å². The van der Waals surface area contributed by atoms with Crippen molar-refractivity contribution in [3.8, 4) is 17.2 Å². The van der Waals surface area contributed by atoms with E-state index in [1.165, 1.54) is 6.33 Å². The summed E-state index contributed by atoms with van der Waals surface area (Å²) < 4.78 is 16.9. The highest BCUT2D eigenvalue weighted by Crippen LogP contribution is 2.27. The van der Waals surface area contributed by atoms with E-state index in [4.69, 9.17) is 19.9 Å². The fourth-order valence-electron chi connectivity index (χ4n) is 1.85. The molecule has 7 nitrogen and oxygen atoms in total. The number of benzene rings is 1. The van der Waals surface area contributed by atoms with E-state index >= 15 is 0 Å². The third kappa shape index (κ3) is 2.91. The highest BCUT2D eigenvalue weighted by Gasteiger charge is 2.18. The number of nitrogens with zero attached hydrogens (tertiary/aromatic N) is 2. The Hall–Kier alpha value is -2.70. The first-order chi connectivity index (χ1) is 10.1. The standard InChI is InChI=1S/C14H17N3O4/c1-4-21-14(18)12-13(15)17(8-16-12)9-5-10(19-2)7-11(6-9)20-3/h5-8H,4,15H2,1-3H3. The summed E-state index contributed by atoms with van der Waals surface area (Å²) in [6.45, 7) is 1.98. The molecule has 0 radical (unpaired) electrons. The van der Waals surface area contributed by atoms with Crippen LogP contribution in [0.3, 0.4) is 0 Å². The molecule has 0 spiro atoms. The van der Waals surface area contributed by atoms with Crippen molar-refractivity contribution in [1.29, 1.82) is 0 Å².